The number of aromatic amines is 1. The summed E-state index contributed by atoms with van der Waals surface area (Å²) in [6.45, 7) is 1.31. The fraction of sp³-hybridized carbons (Fsp3) is 0.304. The molecular weight excluding hydrogens is 394 g/mol. The smallest absolute Gasteiger partial charge is 0.225 e. The van der Waals surface area contributed by atoms with E-state index in [1.54, 1.807) is 12.0 Å². The summed E-state index contributed by atoms with van der Waals surface area (Å²) in [5.74, 6) is 1.41. The zero-order chi connectivity index (χ0) is 21.6. The van der Waals surface area contributed by atoms with Crippen LogP contribution in [0.3, 0.4) is 0 Å². The molecule has 1 aromatic heterocycles. The molecule has 8 heteroatoms. The summed E-state index contributed by atoms with van der Waals surface area (Å²) in [6.07, 6.45) is 1.03. The van der Waals surface area contributed by atoms with Crippen molar-refractivity contribution in [2.75, 3.05) is 20.2 Å². The molecule has 1 saturated heterocycles. The highest BCUT2D eigenvalue weighted by Crippen LogP contribution is 2.20. The number of hydrogen-bond donors (Lipinski definition) is 2. The van der Waals surface area contributed by atoms with Crippen LogP contribution in [0.25, 0.3) is 11.4 Å². The fourth-order valence-corrected chi connectivity index (χ4v) is 3.63. The Bertz CT molecular complexity index is 1030. The lowest BCUT2D eigenvalue weighted by atomic mass is 10.1. The van der Waals surface area contributed by atoms with Gasteiger partial charge in [0.05, 0.1) is 19.6 Å². The number of rotatable bonds is 8. The summed E-state index contributed by atoms with van der Waals surface area (Å²) in [5.41, 5.74) is 2.03. The average Bonchev–Trinajstić information content (AvgIpc) is 3.43. The lowest BCUT2D eigenvalue weighted by Crippen LogP contribution is -2.33. The van der Waals surface area contributed by atoms with Gasteiger partial charge in [0.25, 0.3) is 0 Å². The minimum atomic E-state index is -0.341. The molecule has 160 valence electrons. The maximum atomic E-state index is 12.6. The maximum absolute atomic E-state index is 12.6. The molecule has 3 aromatic rings. The second kappa shape index (κ2) is 9.42. The van der Waals surface area contributed by atoms with Crippen LogP contribution in [-0.4, -0.2) is 52.1 Å². The molecule has 1 aliphatic rings. The minimum Gasteiger partial charge on any atom is -0.497 e. The van der Waals surface area contributed by atoms with Crippen molar-refractivity contribution in [2.45, 2.75) is 19.4 Å². The second-order valence-electron chi connectivity index (χ2n) is 7.53. The normalized spacial score (nSPS) is 15.8. The number of carbonyl (C=O) groups excluding carboxylic acids is 2. The average molecular weight is 419 g/mol. The van der Waals surface area contributed by atoms with Crippen LogP contribution in [0.1, 0.15) is 17.8 Å². The van der Waals surface area contributed by atoms with Crippen LogP contribution in [0.5, 0.6) is 5.75 Å². The summed E-state index contributed by atoms with van der Waals surface area (Å²) in [5, 5.41) is 9.92. The van der Waals surface area contributed by atoms with Gasteiger partial charge in [0.15, 0.2) is 5.82 Å². The molecule has 31 heavy (non-hydrogen) atoms. The van der Waals surface area contributed by atoms with Crippen LogP contribution in [0.2, 0.25) is 0 Å². The topological polar surface area (TPSA) is 100 Å². The number of aromatic nitrogens is 3. The molecule has 0 bridgehead atoms. The summed E-state index contributed by atoms with van der Waals surface area (Å²) >= 11 is 0. The Hall–Kier alpha value is -3.68. The van der Waals surface area contributed by atoms with Crippen molar-refractivity contribution in [3.8, 4) is 17.1 Å². The molecule has 0 saturated carbocycles. The van der Waals surface area contributed by atoms with Crippen LogP contribution in [0.15, 0.2) is 54.6 Å². The molecular formula is C23H25N5O3. The highest BCUT2D eigenvalue weighted by Gasteiger charge is 2.33. The van der Waals surface area contributed by atoms with Gasteiger partial charge in [-0.15, -0.1) is 0 Å². The monoisotopic (exact) mass is 419 g/mol. The first-order valence-corrected chi connectivity index (χ1v) is 10.3. The number of hydrogen-bond acceptors (Lipinski definition) is 5. The third-order valence-electron chi connectivity index (χ3n) is 5.41. The second-order valence-corrected chi connectivity index (χ2v) is 7.53. The fourth-order valence-electron chi connectivity index (χ4n) is 3.63. The van der Waals surface area contributed by atoms with Crippen LogP contribution < -0.4 is 10.1 Å². The van der Waals surface area contributed by atoms with E-state index in [0.717, 1.165) is 17.7 Å². The van der Waals surface area contributed by atoms with Gasteiger partial charge >= 0.3 is 0 Å². The molecule has 0 radical (unpaired) electrons. The molecule has 2 amide bonds. The van der Waals surface area contributed by atoms with E-state index in [-0.39, 0.29) is 30.7 Å². The lowest BCUT2D eigenvalue weighted by Gasteiger charge is -2.16. The molecule has 0 aliphatic carbocycles. The molecule has 4 rings (SSSR count). The Morgan fingerprint density at radius 3 is 2.71 bits per heavy atom. The van der Waals surface area contributed by atoms with Crippen LogP contribution in [0.4, 0.5) is 0 Å². The van der Waals surface area contributed by atoms with Crippen LogP contribution in [0, 0.1) is 5.92 Å². The molecule has 1 unspecified atom stereocenters. The third-order valence-corrected chi connectivity index (χ3v) is 5.41. The summed E-state index contributed by atoms with van der Waals surface area (Å²) in [4.78, 5) is 31.1. The number of benzene rings is 2. The summed E-state index contributed by atoms with van der Waals surface area (Å²) in [7, 11) is 1.61. The van der Waals surface area contributed by atoms with Crippen LogP contribution in [-0.2, 0) is 22.6 Å². The first kappa shape index (κ1) is 20.6. The van der Waals surface area contributed by atoms with E-state index in [1.165, 1.54) is 5.56 Å². The number of amides is 2. The van der Waals surface area contributed by atoms with E-state index in [1.807, 2.05) is 54.6 Å². The van der Waals surface area contributed by atoms with E-state index in [2.05, 4.69) is 20.5 Å². The van der Waals surface area contributed by atoms with Gasteiger partial charge in [-0.1, -0.05) is 30.3 Å². The highest BCUT2D eigenvalue weighted by molar-refractivity contribution is 5.89. The first-order chi connectivity index (χ1) is 15.1. The van der Waals surface area contributed by atoms with Gasteiger partial charge in [-0.05, 0) is 36.2 Å². The molecule has 2 heterocycles. The van der Waals surface area contributed by atoms with E-state index >= 15 is 0 Å². The molecule has 1 fully saturated rings. The van der Waals surface area contributed by atoms with Crippen molar-refractivity contribution < 1.29 is 14.3 Å². The quantitative estimate of drug-likeness (QED) is 0.583. The van der Waals surface area contributed by atoms with E-state index in [4.69, 9.17) is 4.74 Å². The number of carbonyl (C=O) groups is 2. The number of ether oxygens (including phenoxy) is 1. The van der Waals surface area contributed by atoms with E-state index in [0.29, 0.717) is 24.7 Å². The van der Waals surface area contributed by atoms with Gasteiger partial charge in [-0.3, -0.25) is 14.7 Å². The molecule has 2 aromatic carbocycles. The van der Waals surface area contributed by atoms with Gasteiger partial charge in [0.2, 0.25) is 11.8 Å². The van der Waals surface area contributed by atoms with Crippen LogP contribution >= 0.6 is 0 Å². The Kier molecular flexibility index (Phi) is 6.26. The van der Waals surface area contributed by atoms with Gasteiger partial charge < -0.3 is 15.0 Å². The van der Waals surface area contributed by atoms with Gasteiger partial charge in [0.1, 0.15) is 11.6 Å². The van der Waals surface area contributed by atoms with E-state index < -0.39 is 0 Å². The minimum absolute atomic E-state index is 0.0255. The zero-order valence-electron chi connectivity index (χ0n) is 17.4. The highest BCUT2D eigenvalue weighted by atomic mass is 16.5. The molecule has 1 atom stereocenters. The molecule has 8 nitrogen and oxygen atoms in total. The van der Waals surface area contributed by atoms with Crippen molar-refractivity contribution in [2.24, 2.45) is 5.92 Å². The van der Waals surface area contributed by atoms with Crippen molar-refractivity contribution in [1.82, 2.24) is 25.4 Å². The number of nitrogens with zero attached hydrogens (tertiary/aromatic N) is 3. The standard InChI is InChI=1S/C23H25N5O3/c1-31-19-9-7-17(8-10-19)22-25-20(26-27-22)14-24-23(30)18-13-21(29)28(15-18)12-11-16-5-3-2-4-6-16/h2-10,18H,11-15H2,1H3,(H,24,30)(H,25,26,27). The number of likely N-dealkylation sites (tertiary alicyclic amines) is 1. The van der Waals surface area contributed by atoms with E-state index in [9.17, 15) is 9.59 Å². The summed E-state index contributed by atoms with van der Waals surface area (Å²) < 4.78 is 5.15. The zero-order valence-corrected chi connectivity index (χ0v) is 17.4. The third kappa shape index (κ3) is 5.09. The Balaban J connectivity index is 1.27. The Morgan fingerprint density at radius 2 is 1.97 bits per heavy atom. The first-order valence-electron chi connectivity index (χ1n) is 10.3. The van der Waals surface area contributed by atoms with Crippen molar-refractivity contribution in [1.29, 1.82) is 0 Å². The number of nitrogens with one attached hydrogen (secondary N) is 2. The van der Waals surface area contributed by atoms with Gasteiger partial charge in [-0.25, -0.2) is 4.98 Å². The largest absolute Gasteiger partial charge is 0.497 e. The number of H-pyrrole nitrogens is 1. The van der Waals surface area contributed by atoms with Crippen molar-refractivity contribution in [3.05, 3.63) is 66.0 Å². The SMILES string of the molecule is COc1ccc(-c2n[nH]c(CNC(=O)C3CC(=O)N(CCc4ccccc4)C3)n2)cc1. The van der Waals surface area contributed by atoms with Crippen molar-refractivity contribution in [3.63, 3.8) is 0 Å². The molecule has 1 aliphatic heterocycles. The Morgan fingerprint density at radius 1 is 1.19 bits per heavy atom. The molecule has 2 N–H and O–H groups in total. The number of methoxy groups -OCH3 is 1. The van der Waals surface area contributed by atoms with Gasteiger partial charge in [0, 0.05) is 25.1 Å². The van der Waals surface area contributed by atoms with Gasteiger partial charge in [-0.2, -0.15) is 5.10 Å². The predicted octanol–water partition coefficient (Wildman–Crippen LogP) is 2.19. The molecule has 0 spiro atoms. The van der Waals surface area contributed by atoms with Crippen molar-refractivity contribution >= 4 is 11.8 Å². The Labute approximate surface area is 180 Å². The maximum Gasteiger partial charge on any atom is 0.225 e. The lowest BCUT2D eigenvalue weighted by molar-refractivity contribution is -0.129. The predicted molar refractivity (Wildman–Crippen MR) is 115 cm³/mol. The summed E-state index contributed by atoms with van der Waals surface area (Å²) in [6, 6.07) is 17.5.